The number of carbonyl (C=O) groups is 1. The van der Waals surface area contributed by atoms with E-state index in [1.54, 1.807) is 19.2 Å². The zero-order valence-corrected chi connectivity index (χ0v) is 18.4. The van der Waals surface area contributed by atoms with Crippen molar-refractivity contribution < 1.29 is 24.1 Å². The van der Waals surface area contributed by atoms with Crippen molar-refractivity contribution in [2.45, 2.75) is 32.6 Å². The number of carboxylic acid groups (broad SMARTS) is 1. The number of hydrogen-bond acceptors (Lipinski definition) is 4. The van der Waals surface area contributed by atoms with Gasteiger partial charge < -0.3 is 14.9 Å². The molecule has 6 heteroatoms. The molecule has 3 rings (SSSR count). The number of aliphatic hydroxyl groups excluding tert-OH is 1. The summed E-state index contributed by atoms with van der Waals surface area (Å²) >= 11 is 0. The van der Waals surface area contributed by atoms with Crippen molar-refractivity contribution in [3.63, 3.8) is 0 Å². The predicted octanol–water partition coefficient (Wildman–Crippen LogP) is 5.39. The molecule has 0 saturated carbocycles. The van der Waals surface area contributed by atoms with Gasteiger partial charge in [-0.05, 0) is 90.3 Å². The molecule has 0 atom stereocenters. The van der Waals surface area contributed by atoms with Gasteiger partial charge in [0, 0.05) is 26.5 Å². The van der Waals surface area contributed by atoms with Crippen molar-refractivity contribution in [3.8, 4) is 11.1 Å². The lowest BCUT2D eigenvalue weighted by molar-refractivity contribution is -0.132. The van der Waals surface area contributed by atoms with Crippen molar-refractivity contribution >= 4 is 17.8 Å². The Morgan fingerprint density at radius 1 is 1.16 bits per heavy atom. The normalized spacial score (nSPS) is 15.8. The van der Waals surface area contributed by atoms with E-state index >= 15 is 0 Å². The van der Waals surface area contributed by atoms with Crippen LogP contribution >= 0.6 is 0 Å². The van der Waals surface area contributed by atoms with Crippen LogP contribution in [0.4, 0.5) is 4.39 Å². The Balaban J connectivity index is 2.13. The van der Waals surface area contributed by atoms with Gasteiger partial charge in [-0.1, -0.05) is 18.2 Å². The number of carboxylic acids is 1. The van der Waals surface area contributed by atoms with E-state index in [4.69, 9.17) is 4.74 Å². The van der Waals surface area contributed by atoms with Crippen molar-refractivity contribution in [1.82, 2.24) is 0 Å². The second-order valence-corrected chi connectivity index (χ2v) is 7.84. The van der Waals surface area contributed by atoms with Crippen LogP contribution in [-0.2, 0) is 22.4 Å². The van der Waals surface area contributed by atoms with Crippen LogP contribution in [0, 0.1) is 5.82 Å². The highest BCUT2D eigenvalue weighted by Gasteiger charge is 2.16. The van der Waals surface area contributed by atoms with Crippen LogP contribution < -0.4 is 0 Å². The molecule has 2 aromatic rings. The maximum absolute atomic E-state index is 13.5. The highest BCUT2D eigenvalue weighted by molar-refractivity contribution is 6.09. The number of methoxy groups -OCH3 is 1. The zero-order chi connectivity index (χ0) is 23.1. The fraction of sp³-hybridized carbons (Fsp3) is 0.308. The highest BCUT2D eigenvalue weighted by atomic mass is 19.1. The fourth-order valence-electron chi connectivity index (χ4n) is 3.87. The molecule has 168 valence electrons. The topological polar surface area (TPSA) is 79.1 Å². The molecule has 0 fully saturated rings. The first kappa shape index (κ1) is 23.4. The molecule has 5 nitrogen and oxygen atoms in total. The second kappa shape index (κ2) is 10.9. The van der Waals surface area contributed by atoms with Crippen LogP contribution in [0.3, 0.4) is 0 Å². The molecule has 32 heavy (non-hydrogen) atoms. The van der Waals surface area contributed by atoms with E-state index in [1.165, 1.54) is 24.4 Å². The molecule has 2 aromatic carbocycles. The van der Waals surface area contributed by atoms with Crippen LogP contribution in [0.25, 0.3) is 16.7 Å². The number of halogens is 1. The summed E-state index contributed by atoms with van der Waals surface area (Å²) in [5, 5.41) is 19.7. The molecule has 0 spiro atoms. The minimum atomic E-state index is -1.23. The molecule has 0 radical (unpaired) electrons. The summed E-state index contributed by atoms with van der Waals surface area (Å²) in [7, 11) is 1.69. The SMILES string of the molecule is COCCCCc1cc2c(cc1-c1ccc(F)cc1)/C(C)=C/C(O)=C(C(=O)O)C=NCC2. The Morgan fingerprint density at radius 2 is 1.91 bits per heavy atom. The lowest BCUT2D eigenvalue weighted by Crippen LogP contribution is -2.08. The summed E-state index contributed by atoms with van der Waals surface area (Å²) < 4.78 is 18.7. The highest BCUT2D eigenvalue weighted by Crippen LogP contribution is 2.33. The lowest BCUT2D eigenvalue weighted by atomic mass is 9.87. The van der Waals surface area contributed by atoms with E-state index in [2.05, 4.69) is 17.1 Å². The Morgan fingerprint density at radius 3 is 2.59 bits per heavy atom. The number of hydrogen-bond donors (Lipinski definition) is 2. The Labute approximate surface area is 187 Å². The van der Waals surface area contributed by atoms with Crippen LogP contribution in [0.2, 0.25) is 0 Å². The molecule has 2 N–H and O–H groups in total. The molecule has 0 amide bonds. The summed E-state index contributed by atoms with van der Waals surface area (Å²) in [5.41, 5.74) is 5.57. The molecule has 1 heterocycles. The van der Waals surface area contributed by atoms with Gasteiger partial charge in [0.1, 0.15) is 17.1 Å². The van der Waals surface area contributed by atoms with E-state index in [1.807, 2.05) is 6.92 Å². The summed E-state index contributed by atoms with van der Waals surface area (Å²) in [6, 6.07) is 10.6. The lowest BCUT2D eigenvalue weighted by Gasteiger charge is -2.18. The maximum Gasteiger partial charge on any atom is 0.341 e. The van der Waals surface area contributed by atoms with Gasteiger partial charge in [-0.2, -0.15) is 0 Å². The quantitative estimate of drug-likeness (QED) is 0.570. The monoisotopic (exact) mass is 437 g/mol. The van der Waals surface area contributed by atoms with Crippen molar-refractivity contribution in [3.05, 3.63) is 76.3 Å². The van der Waals surface area contributed by atoms with Gasteiger partial charge in [0.15, 0.2) is 0 Å². The number of aliphatic carboxylic acids is 1. The molecule has 0 aromatic heterocycles. The summed E-state index contributed by atoms with van der Waals surface area (Å²) in [5.74, 6) is -1.85. The number of aliphatic imine (C=N–C) groups is 1. The van der Waals surface area contributed by atoms with Crippen molar-refractivity contribution in [2.24, 2.45) is 4.99 Å². The number of aryl methyl sites for hydroxylation is 1. The fourth-order valence-corrected chi connectivity index (χ4v) is 3.87. The third-order valence-corrected chi connectivity index (χ3v) is 5.54. The Hall–Kier alpha value is -3.25. The molecule has 0 bridgehead atoms. The average Bonchev–Trinajstić information content (AvgIpc) is 2.76. The molecule has 1 aliphatic heterocycles. The van der Waals surface area contributed by atoms with Crippen molar-refractivity contribution in [1.29, 1.82) is 0 Å². The van der Waals surface area contributed by atoms with Gasteiger partial charge in [0.25, 0.3) is 0 Å². The predicted molar refractivity (Wildman–Crippen MR) is 125 cm³/mol. The number of rotatable bonds is 7. The maximum atomic E-state index is 13.5. The van der Waals surface area contributed by atoms with E-state index in [0.717, 1.165) is 52.7 Å². The first-order valence-corrected chi connectivity index (χ1v) is 10.7. The molecule has 0 unspecified atom stereocenters. The van der Waals surface area contributed by atoms with Gasteiger partial charge >= 0.3 is 5.97 Å². The second-order valence-electron chi connectivity index (χ2n) is 7.84. The molecular formula is C26H28FNO4. The molecule has 0 saturated heterocycles. The van der Waals surface area contributed by atoms with Gasteiger partial charge in [0.05, 0.1) is 0 Å². The minimum Gasteiger partial charge on any atom is -0.507 e. The average molecular weight is 438 g/mol. The number of aliphatic hydroxyl groups is 1. The zero-order valence-electron chi connectivity index (χ0n) is 18.4. The number of fused-ring (bicyclic) bond motifs is 1. The van der Waals surface area contributed by atoms with Crippen LogP contribution in [-0.4, -0.2) is 42.7 Å². The van der Waals surface area contributed by atoms with Gasteiger partial charge in [-0.3, -0.25) is 4.99 Å². The third kappa shape index (κ3) is 5.71. The van der Waals surface area contributed by atoms with Crippen LogP contribution in [0.5, 0.6) is 0 Å². The minimum absolute atomic E-state index is 0.235. The van der Waals surface area contributed by atoms with E-state index in [9.17, 15) is 19.4 Å². The van der Waals surface area contributed by atoms with Crippen LogP contribution in [0.15, 0.2) is 58.8 Å². The van der Waals surface area contributed by atoms with Crippen LogP contribution in [0.1, 0.15) is 36.5 Å². The Kier molecular flexibility index (Phi) is 7.95. The third-order valence-electron chi connectivity index (χ3n) is 5.54. The number of ether oxygens (including phenoxy) is 1. The standard InChI is InChI=1S/C26H28FNO4/c1-17-13-25(29)24(26(30)31)16-28-11-10-20-14-19(5-3-4-12-32-2)23(15-22(17)20)18-6-8-21(27)9-7-18/h6-9,13-16,29H,3-5,10-12H2,1-2H3,(H,30,31)/b17-13+,25-24?,28-16?. The first-order chi connectivity index (χ1) is 15.4. The number of unbranched alkanes of at least 4 members (excludes halogenated alkanes) is 1. The van der Waals surface area contributed by atoms with E-state index < -0.39 is 5.97 Å². The molecular weight excluding hydrogens is 409 g/mol. The van der Waals surface area contributed by atoms with Crippen molar-refractivity contribution in [2.75, 3.05) is 20.3 Å². The number of nitrogens with zero attached hydrogens (tertiary/aromatic N) is 1. The summed E-state index contributed by atoms with van der Waals surface area (Å²) in [4.78, 5) is 15.7. The smallest absolute Gasteiger partial charge is 0.341 e. The van der Waals surface area contributed by atoms with Gasteiger partial charge in [-0.15, -0.1) is 0 Å². The molecule has 0 aliphatic carbocycles. The molecule has 1 aliphatic rings. The van der Waals surface area contributed by atoms with E-state index in [0.29, 0.717) is 19.6 Å². The van der Waals surface area contributed by atoms with Gasteiger partial charge in [-0.25, -0.2) is 9.18 Å². The number of benzene rings is 2. The van der Waals surface area contributed by atoms with Gasteiger partial charge in [0.2, 0.25) is 0 Å². The Bertz CT molecular complexity index is 1070. The number of allylic oxidation sites excluding steroid dienone is 2. The summed E-state index contributed by atoms with van der Waals surface area (Å²) in [6.45, 7) is 2.95. The van der Waals surface area contributed by atoms with E-state index in [-0.39, 0.29) is 17.1 Å². The summed E-state index contributed by atoms with van der Waals surface area (Å²) in [6.07, 6.45) is 6.07. The first-order valence-electron chi connectivity index (χ1n) is 10.7. The largest absolute Gasteiger partial charge is 0.507 e.